The summed E-state index contributed by atoms with van der Waals surface area (Å²) in [7, 11) is 0. The first-order valence-electron chi connectivity index (χ1n) is 8.30. The van der Waals surface area contributed by atoms with Crippen molar-refractivity contribution in [1.82, 2.24) is 15.4 Å². The van der Waals surface area contributed by atoms with Gasteiger partial charge in [0, 0.05) is 22.5 Å². The molecule has 0 radical (unpaired) electrons. The summed E-state index contributed by atoms with van der Waals surface area (Å²) in [6.07, 6.45) is 0.818. The van der Waals surface area contributed by atoms with E-state index in [2.05, 4.69) is 27.8 Å². The lowest BCUT2D eigenvalue weighted by atomic mass is 10.1. The van der Waals surface area contributed by atoms with Gasteiger partial charge in [0.05, 0.1) is 9.21 Å². The number of nitrogens with one attached hydrogen (secondary N) is 2. The molecule has 0 saturated carbocycles. The number of hydrogen-bond donors (Lipinski definition) is 4. The lowest BCUT2D eigenvalue weighted by Gasteiger charge is -2.14. The van der Waals surface area contributed by atoms with Crippen LogP contribution in [0, 0.1) is 6.92 Å². The van der Waals surface area contributed by atoms with Crippen molar-refractivity contribution in [3.05, 3.63) is 57.6 Å². The van der Waals surface area contributed by atoms with Crippen molar-refractivity contribution in [1.29, 1.82) is 0 Å². The largest absolute Gasteiger partial charge is 0.340 e. The van der Waals surface area contributed by atoms with Gasteiger partial charge in [-0.2, -0.15) is 5.10 Å². The van der Waals surface area contributed by atoms with Crippen LogP contribution in [0.25, 0.3) is 10.7 Å². The zero-order valence-electron chi connectivity index (χ0n) is 15.0. The van der Waals surface area contributed by atoms with Crippen molar-refractivity contribution in [3.63, 3.8) is 0 Å². The monoisotopic (exact) mass is 401 g/mol. The standard InChI is InChI=1S/C18H20ClN7S/c1-3-13-10(2)22-18(14-8-9-15(19)27-14)24-17(13)23-12-6-4-11(5-7-12)16(25-20)26-21/h4-9H,3,20-21H2,1-2H3,(H,25,26)(H,22,23,24). The van der Waals surface area contributed by atoms with Crippen LogP contribution in [0.5, 0.6) is 0 Å². The van der Waals surface area contributed by atoms with Crippen molar-refractivity contribution < 1.29 is 0 Å². The van der Waals surface area contributed by atoms with Crippen molar-refractivity contribution >= 4 is 40.3 Å². The lowest BCUT2D eigenvalue weighted by Crippen LogP contribution is -2.31. The molecule has 0 amide bonds. The Morgan fingerprint density at radius 2 is 1.93 bits per heavy atom. The topological polar surface area (TPSA) is 114 Å². The molecule has 140 valence electrons. The number of amidine groups is 1. The van der Waals surface area contributed by atoms with Crippen molar-refractivity contribution in [2.24, 2.45) is 16.8 Å². The van der Waals surface area contributed by atoms with Crippen LogP contribution < -0.4 is 22.4 Å². The van der Waals surface area contributed by atoms with Crippen molar-refractivity contribution in [2.45, 2.75) is 20.3 Å². The second kappa shape index (κ2) is 8.34. The number of hydrazine groups is 1. The predicted molar refractivity (Wildman–Crippen MR) is 112 cm³/mol. The van der Waals surface area contributed by atoms with Crippen molar-refractivity contribution in [3.8, 4) is 10.7 Å². The maximum absolute atomic E-state index is 6.06. The molecule has 27 heavy (non-hydrogen) atoms. The van der Waals surface area contributed by atoms with Gasteiger partial charge in [-0.3, -0.25) is 0 Å². The maximum atomic E-state index is 6.06. The molecule has 3 aromatic rings. The zero-order valence-corrected chi connectivity index (χ0v) is 16.5. The Hall–Kier alpha value is -2.68. The van der Waals surface area contributed by atoms with Crippen LogP contribution in [-0.4, -0.2) is 15.8 Å². The highest BCUT2D eigenvalue weighted by molar-refractivity contribution is 7.19. The first kappa shape index (κ1) is 19.1. The molecule has 2 aromatic heterocycles. The van der Waals surface area contributed by atoms with Crippen LogP contribution in [0.3, 0.4) is 0 Å². The van der Waals surface area contributed by atoms with Gasteiger partial charge in [0.15, 0.2) is 11.7 Å². The van der Waals surface area contributed by atoms with Gasteiger partial charge in [0.25, 0.3) is 0 Å². The molecule has 0 spiro atoms. The second-order valence-electron chi connectivity index (χ2n) is 5.74. The molecule has 0 aliphatic heterocycles. The van der Waals surface area contributed by atoms with E-state index in [9.17, 15) is 0 Å². The van der Waals surface area contributed by atoms with Gasteiger partial charge in [-0.05, 0) is 49.7 Å². The smallest absolute Gasteiger partial charge is 0.171 e. The Bertz CT molecular complexity index is 966. The van der Waals surface area contributed by atoms with E-state index in [4.69, 9.17) is 28.3 Å². The molecule has 3 rings (SSSR count). The third kappa shape index (κ3) is 4.19. The van der Waals surface area contributed by atoms with Crippen LogP contribution in [0.1, 0.15) is 23.7 Å². The number of aryl methyl sites for hydroxylation is 1. The molecule has 1 aromatic carbocycles. The van der Waals surface area contributed by atoms with Crippen LogP contribution in [0.2, 0.25) is 4.34 Å². The number of anilines is 2. The fourth-order valence-corrected chi connectivity index (χ4v) is 3.69. The first-order chi connectivity index (χ1) is 13.0. The summed E-state index contributed by atoms with van der Waals surface area (Å²) >= 11 is 7.51. The molecule has 6 N–H and O–H groups in total. The summed E-state index contributed by atoms with van der Waals surface area (Å²) in [5.41, 5.74) is 6.14. The third-order valence-electron chi connectivity index (χ3n) is 4.05. The third-order valence-corrected chi connectivity index (χ3v) is 5.28. The molecule has 0 atom stereocenters. The molecule has 0 aliphatic rings. The van der Waals surface area contributed by atoms with Gasteiger partial charge < -0.3 is 16.6 Å². The minimum Gasteiger partial charge on any atom is -0.340 e. The highest BCUT2D eigenvalue weighted by atomic mass is 35.5. The highest BCUT2D eigenvalue weighted by Crippen LogP contribution is 2.31. The summed E-state index contributed by atoms with van der Waals surface area (Å²) in [6.45, 7) is 4.07. The second-order valence-corrected chi connectivity index (χ2v) is 7.46. The Balaban J connectivity index is 1.94. The molecule has 2 heterocycles. The highest BCUT2D eigenvalue weighted by Gasteiger charge is 2.13. The average Bonchev–Trinajstić information content (AvgIpc) is 3.10. The quantitative estimate of drug-likeness (QED) is 0.225. The Kier molecular flexibility index (Phi) is 5.90. The number of rotatable bonds is 5. The van der Waals surface area contributed by atoms with E-state index in [0.717, 1.165) is 39.6 Å². The van der Waals surface area contributed by atoms with Crippen LogP contribution >= 0.6 is 22.9 Å². The summed E-state index contributed by atoms with van der Waals surface area (Å²) in [4.78, 5) is 10.3. The van der Waals surface area contributed by atoms with E-state index in [1.807, 2.05) is 43.3 Å². The number of aromatic nitrogens is 2. The minimum atomic E-state index is 0.408. The van der Waals surface area contributed by atoms with Gasteiger partial charge in [0.1, 0.15) is 5.82 Å². The number of benzene rings is 1. The summed E-state index contributed by atoms with van der Waals surface area (Å²) in [5, 5.41) is 6.99. The fraction of sp³-hybridized carbons (Fsp3) is 0.167. The normalized spacial score (nSPS) is 11.5. The average molecular weight is 402 g/mol. The lowest BCUT2D eigenvalue weighted by molar-refractivity contribution is 1.00. The molecule has 0 bridgehead atoms. The maximum Gasteiger partial charge on any atom is 0.171 e. The van der Waals surface area contributed by atoms with Gasteiger partial charge in [0.2, 0.25) is 0 Å². The van der Waals surface area contributed by atoms with E-state index >= 15 is 0 Å². The molecule has 0 aliphatic carbocycles. The summed E-state index contributed by atoms with van der Waals surface area (Å²) < 4.78 is 0.710. The fourth-order valence-electron chi connectivity index (χ4n) is 2.71. The molecule has 0 unspecified atom stereocenters. The Labute approximate surface area is 166 Å². The van der Waals surface area contributed by atoms with Crippen LogP contribution in [-0.2, 0) is 6.42 Å². The Morgan fingerprint density at radius 1 is 1.19 bits per heavy atom. The van der Waals surface area contributed by atoms with E-state index in [1.54, 1.807) is 0 Å². The van der Waals surface area contributed by atoms with Crippen LogP contribution in [0.4, 0.5) is 11.5 Å². The molecule has 7 nitrogen and oxygen atoms in total. The number of nitrogens with two attached hydrogens (primary N) is 2. The number of halogens is 1. The van der Waals surface area contributed by atoms with Gasteiger partial charge in [-0.25, -0.2) is 15.8 Å². The molecule has 0 fully saturated rings. The van der Waals surface area contributed by atoms with E-state index in [-0.39, 0.29) is 0 Å². The van der Waals surface area contributed by atoms with Gasteiger partial charge in [-0.15, -0.1) is 11.3 Å². The molecular weight excluding hydrogens is 382 g/mol. The molecule has 9 heteroatoms. The summed E-state index contributed by atoms with van der Waals surface area (Å²) in [6, 6.07) is 11.3. The number of thiophene rings is 1. The SMILES string of the molecule is CCc1c(C)nc(-c2ccc(Cl)s2)nc1Nc1ccc(/C(=N/N)NN)cc1. The molecular formula is C18H20ClN7S. The zero-order chi connectivity index (χ0) is 19.4. The first-order valence-corrected chi connectivity index (χ1v) is 9.50. The van der Waals surface area contributed by atoms with E-state index < -0.39 is 0 Å². The van der Waals surface area contributed by atoms with E-state index in [0.29, 0.717) is 16.0 Å². The number of hydrogen-bond acceptors (Lipinski definition) is 7. The number of hydrazone groups is 1. The van der Waals surface area contributed by atoms with Crippen molar-refractivity contribution in [2.75, 3.05) is 5.32 Å². The van der Waals surface area contributed by atoms with Gasteiger partial charge >= 0.3 is 0 Å². The number of nitrogens with zero attached hydrogens (tertiary/aromatic N) is 3. The predicted octanol–water partition coefficient (Wildman–Crippen LogP) is 3.56. The van der Waals surface area contributed by atoms with Gasteiger partial charge in [-0.1, -0.05) is 18.5 Å². The minimum absolute atomic E-state index is 0.408. The van der Waals surface area contributed by atoms with Crippen LogP contribution in [0.15, 0.2) is 41.5 Å². The molecule has 0 saturated heterocycles. The van der Waals surface area contributed by atoms with E-state index in [1.165, 1.54) is 11.3 Å². The Morgan fingerprint density at radius 3 is 2.48 bits per heavy atom. The summed E-state index contributed by atoms with van der Waals surface area (Å²) in [5.74, 6) is 12.6.